The Labute approximate surface area is 112 Å². The van der Waals surface area contributed by atoms with Crippen LogP contribution >= 0.6 is 0 Å². The minimum atomic E-state index is -0.631. The number of nitrogens with zero attached hydrogens (tertiary/aromatic N) is 3. The van der Waals surface area contributed by atoms with Gasteiger partial charge >= 0.3 is 0 Å². The van der Waals surface area contributed by atoms with Crippen LogP contribution in [-0.4, -0.2) is 29.6 Å². The molecule has 0 radical (unpaired) electrons. The molecule has 5 heteroatoms. The van der Waals surface area contributed by atoms with E-state index in [0.29, 0.717) is 6.42 Å². The van der Waals surface area contributed by atoms with E-state index in [0.717, 1.165) is 37.3 Å². The molecular weight excluding hydrogens is 240 g/mol. The maximum Gasteiger partial charge on any atom is 0.226 e. The van der Waals surface area contributed by atoms with Gasteiger partial charge in [0.2, 0.25) is 5.91 Å². The molecule has 0 bridgehead atoms. The zero-order valence-electron chi connectivity index (χ0n) is 11.1. The van der Waals surface area contributed by atoms with Crippen molar-refractivity contribution in [3.05, 3.63) is 24.3 Å². The van der Waals surface area contributed by atoms with Crippen molar-refractivity contribution in [2.24, 2.45) is 10.2 Å². The van der Waals surface area contributed by atoms with Crippen LogP contribution in [0, 0.1) is 0 Å². The fourth-order valence-corrected chi connectivity index (χ4v) is 2.60. The smallest absolute Gasteiger partial charge is 0.226 e. The van der Waals surface area contributed by atoms with E-state index in [-0.39, 0.29) is 5.91 Å². The van der Waals surface area contributed by atoms with Gasteiger partial charge in [-0.3, -0.25) is 4.79 Å². The molecule has 2 aliphatic rings. The second kappa shape index (κ2) is 4.64. The molecule has 1 fully saturated rings. The highest BCUT2D eigenvalue weighted by atomic mass is 16.2. The van der Waals surface area contributed by atoms with Crippen molar-refractivity contribution in [1.29, 1.82) is 0 Å². The van der Waals surface area contributed by atoms with Crippen molar-refractivity contribution in [3.8, 4) is 0 Å². The van der Waals surface area contributed by atoms with Crippen LogP contribution in [0.5, 0.6) is 0 Å². The van der Waals surface area contributed by atoms with E-state index < -0.39 is 5.66 Å². The lowest BCUT2D eigenvalue weighted by molar-refractivity contribution is -0.131. The Morgan fingerprint density at radius 2 is 2.11 bits per heavy atom. The van der Waals surface area contributed by atoms with E-state index >= 15 is 0 Å². The molecule has 0 aliphatic carbocycles. The minimum absolute atomic E-state index is 0.158. The lowest BCUT2D eigenvalue weighted by Gasteiger charge is -2.31. The molecular formula is C14H18N4O. The van der Waals surface area contributed by atoms with Crippen LogP contribution in [0.4, 0.5) is 11.4 Å². The molecule has 0 aromatic heterocycles. The van der Waals surface area contributed by atoms with Crippen LogP contribution in [0.1, 0.15) is 26.2 Å². The summed E-state index contributed by atoms with van der Waals surface area (Å²) in [6, 6.07) is 7.76. The molecule has 2 heterocycles. The van der Waals surface area contributed by atoms with E-state index in [1.54, 1.807) is 0 Å². The van der Waals surface area contributed by atoms with E-state index in [1.807, 2.05) is 36.1 Å². The summed E-state index contributed by atoms with van der Waals surface area (Å²) < 4.78 is 0. The number of anilines is 1. The van der Waals surface area contributed by atoms with E-state index in [9.17, 15) is 4.79 Å². The van der Waals surface area contributed by atoms with Crippen LogP contribution in [-0.2, 0) is 4.79 Å². The van der Waals surface area contributed by atoms with Gasteiger partial charge in [-0.1, -0.05) is 12.1 Å². The third-order valence-electron chi connectivity index (χ3n) is 3.64. The van der Waals surface area contributed by atoms with Crippen LogP contribution in [0.15, 0.2) is 34.5 Å². The number of para-hydroxylation sites is 1. The maximum atomic E-state index is 12.2. The monoisotopic (exact) mass is 258 g/mol. The fourth-order valence-electron chi connectivity index (χ4n) is 2.60. The van der Waals surface area contributed by atoms with E-state index in [4.69, 9.17) is 0 Å². The normalized spacial score (nSPS) is 25.0. The topological polar surface area (TPSA) is 57.1 Å². The van der Waals surface area contributed by atoms with E-state index in [1.165, 1.54) is 0 Å². The zero-order valence-corrected chi connectivity index (χ0v) is 11.1. The molecule has 2 aliphatic heterocycles. The van der Waals surface area contributed by atoms with E-state index in [2.05, 4.69) is 15.5 Å². The fraction of sp³-hybridized carbons (Fsp3) is 0.500. The maximum absolute atomic E-state index is 12.2. The lowest BCUT2D eigenvalue weighted by Crippen LogP contribution is -2.41. The molecule has 1 N–H and O–H groups in total. The Bertz CT molecular complexity index is 522. The van der Waals surface area contributed by atoms with Gasteiger partial charge in [0.1, 0.15) is 5.69 Å². The number of carbonyl (C=O) groups is 1. The molecule has 1 saturated heterocycles. The number of amides is 1. The van der Waals surface area contributed by atoms with Gasteiger partial charge in [-0.25, -0.2) is 0 Å². The van der Waals surface area contributed by atoms with Crippen molar-refractivity contribution in [2.45, 2.75) is 31.8 Å². The largest absolute Gasteiger partial charge is 0.358 e. The average molecular weight is 258 g/mol. The summed E-state index contributed by atoms with van der Waals surface area (Å²) >= 11 is 0. The van der Waals surface area contributed by atoms with Crippen molar-refractivity contribution in [2.75, 3.05) is 18.4 Å². The van der Waals surface area contributed by atoms with Crippen LogP contribution in [0.3, 0.4) is 0 Å². The summed E-state index contributed by atoms with van der Waals surface area (Å²) in [5.74, 6) is 0.158. The first-order valence-electron chi connectivity index (χ1n) is 6.74. The number of azo groups is 1. The second-order valence-electron chi connectivity index (χ2n) is 5.38. The standard InChI is InChI=1S/C14H18N4O/c1-14(10-13(19)18-8-4-5-9-18)15-11-6-2-3-7-12(11)16-17-14/h2-3,6-7,15H,4-5,8-10H2,1H3. The summed E-state index contributed by atoms with van der Waals surface area (Å²) in [6.07, 6.45) is 2.57. The van der Waals surface area contributed by atoms with Gasteiger partial charge in [-0.05, 0) is 31.9 Å². The molecule has 1 aromatic carbocycles. The lowest BCUT2D eigenvalue weighted by atomic mass is 10.1. The van der Waals surface area contributed by atoms with Crippen molar-refractivity contribution in [1.82, 2.24) is 4.90 Å². The third kappa shape index (κ3) is 2.45. The SMILES string of the molecule is CC1(CC(=O)N2CCCC2)N=Nc2ccccc2N1. The second-order valence-corrected chi connectivity index (χ2v) is 5.38. The molecule has 19 heavy (non-hydrogen) atoms. The molecule has 1 aromatic rings. The zero-order chi connectivity index (χ0) is 13.3. The Morgan fingerprint density at radius 1 is 1.37 bits per heavy atom. The number of carbonyl (C=O) groups excluding carboxylic acids is 1. The summed E-state index contributed by atoms with van der Waals surface area (Å²) in [4.78, 5) is 14.1. The van der Waals surface area contributed by atoms with Gasteiger partial charge in [0, 0.05) is 13.1 Å². The number of fused-ring (bicyclic) bond motifs is 1. The van der Waals surface area contributed by atoms with Crippen molar-refractivity contribution < 1.29 is 4.79 Å². The minimum Gasteiger partial charge on any atom is -0.358 e. The summed E-state index contributed by atoms with van der Waals surface area (Å²) in [6.45, 7) is 3.67. The number of likely N-dealkylation sites (tertiary alicyclic amines) is 1. The Hall–Kier alpha value is -1.91. The average Bonchev–Trinajstić information content (AvgIpc) is 2.92. The molecule has 1 amide bonds. The van der Waals surface area contributed by atoms with Gasteiger partial charge in [-0.15, -0.1) is 0 Å². The third-order valence-corrected chi connectivity index (χ3v) is 3.64. The predicted molar refractivity (Wildman–Crippen MR) is 73.4 cm³/mol. The number of hydrogen-bond acceptors (Lipinski definition) is 4. The molecule has 5 nitrogen and oxygen atoms in total. The highest BCUT2D eigenvalue weighted by molar-refractivity contribution is 5.79. The Kier molecular flexibility index (Phi) is 2.97. The van der Waals surface area contributed by atoms with Crippen LogP contribution < -0.4 is 5.32 Å². The highest BCUT2D eigenvalue weighted by Gasteiger charge is 2.33. The number of nitrogens with one attached hydrogen (secondary N) is 1. The summed E-state index contributed by atoms with van der Waals surface area (Å²) in [7, 11) is 0. The van der Waals surface area contributed by atoms with Crippen LogP contribution in [0.25, 0.3) is 0 Å². The first-order valence-corrected chi connectivity index (χ1v) is 6.74. The van der Waals surface area contributed by atoms with Gasteiger partial charge in [0.25, 0.3) is 0 Å². The predicted octanol–water partition coefficient (Wildman–Crippen LogP) is 2.92. The molecule has 0 saturated carbocycles. The first-order chi connectivity index (χ1) is 9.16. The number of benzene rings is 1. The molecule has 1 unspecified atom stereocenters. The van der Waals surface area contributed by atoms with Gasteiger partial charge < -0.3 is 10.2 Å². The molecule has 3 rings (SSSR count). The molecule has 1 atom stereocenters. The first kappa shape index (κ1) is 12.1. The Morgan fingerprint density at radius 3 is 2.89 bits per heavy atom. The van der Waals surface area contributed by atoms with Crippen LogP contribution in [0.2, 0.25) is 0 Å². The quantitative estimate of drug-likeness (QED) is 0.886. The van der Waals surface area contributed by atoms with Gasteiger partial charge in [-0.2, -0.15) is 10.2 Å². The van der Waals surface area contributed by atoms with Crippen molar-refractivity contribution >= 4 is 17.3 Å². The summed E-state index contributed by atoms with van der Waals surface area (Å²) in [5, 5.41) is 11.8. The van der Waals surface area contributed by atoms with Crippen molar-refractivity contribution in [3.63, 3.8) is 0 Å². The number of hydrogen-bond donors (Lipinski definition) is 1. The summed E-state index contributed by atoms with van der Waals surface area (Å²) in [5.41, 5.74) is 1.14. The Balaban J connectivity index is 1.73. The molecule has 0 spiro atoms. The molecule has 100 valence electrons. The number of rotatable bonds is 2. The highest BCUT2D eigenvalue weighted by Crippen LogP contribution is 2.35. The van der Waals surface area contributed by atoms with Gasteiger partial charge in [0.15, 0.2) is 5.66 Å². The van der Waals surface area contributed by atoms with Gasteiger partial charge in [0.05, 0.1) is 12.1 Å².